The summed E-state index contributed by atoms with van der Waals surface area (Å²) in [5.74, 6) is -1.77. The van der Waals surface area contributed by atoms with Gasteiger partial charge in [-0.3, -0.25) is 18.7 Å². The molecule has 24 heavy (non-hydrogen) atoms. The van der Waals surface area contributed by atoms with E-state index >= 15 is 0 Å². The molecule has 124 valence electrons. The molecule has 0 aliphatic heterocycles. The number of rotatable bonds is 4. The number of fused-ring (bicyclic) bond motifs is 1. The number of hydrogen-bond donors (Lipinski definition) is 1. The first-order valence-corrected chi connectivity index (χ1v) is 8.47. The molecule has 0 spiro atoms. The molecule has 2 aromatic heterocycles. The highest BCUT2D eigenvalue weighted by Crippen LogP contribution is 2.17. The van der Waals surface area contributed by atoms with Crippen molar-refractivity contribution in [3.05, 3.63) is 65.7 Å². The molecule has 0 amide bonds. The molecule has 2 heterocycles. The predicted octanol–water partition coefficient (Wildman–Crippen LogP) is 2.26. The Balaban J connectivity index is 2.22. The number of benzene rings is 1. The third-order valence-electron chi connectivity index (χ3n) is 3.51. The van der Waals surface area contributed by atoms with Crippen LogP contribution in [-0.2, 0) is 17.9 Å². The van der Waals surface area contributed by atoms with Gasteiger partial charge in [0, 0.05) is 20.8 Å². The average molecular weight is 413 g/mol. The van der Waals surface area contributed by atoms with Gasteiger partial charge >= 0.3 is 11.7 Å². The van der Waals surface area contributed by atoms with Gasteiger partial charge in [-0.05, 0) is 12.1 Å². The molecule has 9 heteroatoms. The van der Waals surface area contributed by atoms with Crippen LogP contribution in [0.3, 0.4) is 0 Å². The molecule has 0 radical (unpaired) electrons. The summed E-state index contributed by atoms with van der Waals surface area (Å²) in [5.41, 5.74) is -0.922. The standard InChI is InChI=1S/C15H10BrFN2O4S/c16-9-2-1-8(11(17)3-9)4-19-14(22)10-6-24-7-12(10)18(15(19)23)5-13(20)21/h1-3,6-7H,4-5H2,(H,20,21). The molecule has 1 N–H and O–H groups in total. The molecule has 0 aliphatic rings. The minimum Gasteiger partial charge on any atom is -0.480 e. The largest absolute Gasteiger partial charge is 0.480 e. The maximum Gasteiger partial charge on any atom is 0.332 e. The lowest BCUT2D eigenvalue weighted by atomic mass is 10.2. The van der Waals surface area contributed by atoms with Crippen molar-refractivity contribution in [1.82, 2.24) is 9.13 Å². The summed E-state index contributed by atoms with van der Waals surface area (Å²) >= 11 is 4.33. The number of thiophene rings is 1. The van der Waals surface area contributed by atoms with Crippen LogP contribution in [0.2, 0.25) is 0 Å². The summed E-state index contributed by atoms with van der Waals surface area (Å²) in [5, 5.41) is 12.3. The third kappa shape index (κ3) is 2.92. The zero-order chi connectivity index (χ0) is 17.4. The Kier molecular flexibility index (Phi) is 4.37. The predicted molar refractivity (Wildman–Crippen MR) is 91.2 cm³/mol. The monoisotopic (exact) mass is 412 g/mol. The van der Waals surface area contributed by atoms with E-state index < -0.39 is 29.6 Å². The number of aromatic nitrogens is 2. The Bertz CT molecular complexity index is 1070. The SMILES string of the molecule is O=C(O)Cn1c(=O)n(Cc2ccc(Br)cc2F)c(=O)c2cscc21. The Hall–Kier alpha value is -2.26. The van der Waals surface area contributed by atoms with Crippen LogP contribution in [-0.4, -0.2) is 20.2 Å². The van der Waals surface area contributed by atoms with Gasteiger partial charge in [0.2, 0.25) is 0 Å². The van der Waals surface area contributed by atoms with Crippen molar-refractivity contribution in [2.45, 2.75) is 13.1 Å². The topological polar surface area (TPSA) is 81.3 Å². The molecule has 1 aromatic carbocycles. The Morgan fingerprint density at radius 2 is 2.00 bits per heavy atom. The lowest BCUT2D eigenvalue weighted by molar-refractivity contribution is -0.137. The van der Waals surface area contributed by atoms with Gasteiger partial charge in [0.15, 0.2) is 0 Å². The maximum absolute atomic E-state index is 14.0. The number of carboxylic acid groups (broad SMARTS) is 1. The first kappa shape index (κ1) is 16.6. The zero-order valence-electron chi connectivity index (χ0n) is 12.0. The van der Waals surface area contributed by atoms with E-state index in [0.29, 0.717) is 4.47 Å². The second-order valence-corrected chi connectivity index (χ2v) is 6.72. The van der Waals surface area contributed by atoms with Gasteiger partial charge in [0.05, 0.1) is 17.4 Å². The Morgan fingerprint density at radius 3 is 2.67 bits per heavy atom. The van der Waals surface area contributed by atoms with E-state index in [1.54, 1.807) is 16.8 Å². The van der Waals surface area contributed by atoms with Crippen LogP contribution in [0.4, 0.5) is 4.39 Å². The molecule has 6 nitrogen and oxygen atoms in total. The van der Waals surface area contributed by atoms with Crippen molar-refractivity contribution in [2.75, 3.05) is 0 Å². The molecule has 0 bridgehead atoms. The average Bonchev–Trinajstić information content (AvgIpc) is 2.99. The van der Waals surface area contributed by atoms with E-state index in [2.05, 4.69) is 15.9 Å². The Morgan fingerprint density at radius 1 is 1.25 bits per heavy atom. The highest BCUT2D eigenvalue weighted by Gasteiger charge is 2.17. The van der Waals surface area contributed by atoms with E-state index in [0.717, 1.165) is 9.13 Å². The number of carboxylic acids is 1. The van der Waals surface area contributed by atoms with Crippen LogP contribution >= 0.6 is 27.3 Å². The summed E-state index contributed by atoms with van der Waals surface area (Å²) in [4.78, 5) is 36.1. The van der Waals surface area contributed by atoms with Gasteiger partial charge in [0.25, 0.3) is 5.56 Å². The van der Waals surface area contributed by atoms with Crippen molar-refractivity contribution >= 4 is 44.1 Å². The van der Waals surface area contributed by atoms with Crippen LogP contribution in [0.25, 0.3) is 10.9 Å². The van der Waals surface area contributed by atoms with Crippen molar-refractivity contribution in [3.8, 4) is 0 Å². The highest BCUT2D eigenvalue weighted by atomic mass is 79.9. The van der Waals surface area contributed by atoms with Gasteiger partial charge in [-0.15, -0.1) is 11.3 Å². The third-order valence-corrected chi connectivity index (χ3v) is 4.73. The molecular weight excluding hydrogens is 403 g/mol. The number of aliphatic carboxylic acids is 1. The fourth-order valence-electron chi connectivity index (χ4n) is 2.39. The summed E-state index contributed by atoms with van der Waals surface area (Å²) < 4.78 is 16.4. The molecule has 3 rings (SSSR count). The van der Waals surface area contributed by atoms with Gasteiger partial charge < -0.3 is 5.11 Å². The molecular formula is C15H10BrFN2O4S. The van der Waals surface area contributed by atoms with E-state index in [4.69, 9.17) is 5.11 Å². The van der Waals surface area contributed by atoms with E-state index in [1.807, 2.05) is 0 Å². The van der Waals surface area contributed by atoms with Gasteiger partial charge in [-0.25, -0.2) is 9.18 Å². The van der Waals surface area contributed by atoms with Crippen LogP contribution < -0.4 is 11.2 Å². The fraction of sp³-hybridized carbons (Fsp3) is 0.133. The zero-order valence-corrected chi connectivity index (χ0v) is 14.4. The van der Waals surface area contributed by atoms with Crippen LogP contribution in [0.1, 0.15) is 5.56 Å². The summed E-state index contributed by atoms with van der Waals surface area (Å²) in [6.07, 6.45) is 0. The van der Waals surface area contributed by atoms with Crippen molar-refractivity contribution in [2.24, 2.45) is 0 Å². The molecule has 0 unspecified atom stereocenters. The summed E-state index contributed by atoms with van der Waals surface area (Å²) in [6.45, 7) is -0.850. The molecule has 0 saturated heterocycles. The molecule has 0 saturated carbocycles. The van der Waals surface area contributed by atoms with E-state index in [-0.39, 0.29) is 23.0 Å². The van der Waals surface area contributed by atoms with E-state index in [9.17, 15) is 18.8 Å². The number of hydrogen-bond acceptors (Lipinski definition) is 4. The smallest absolute Gasteiger partial charge is 0.332 e. The molecule has 0 atom stereocenters. The minimum absolute atomic E-state index is 0.161. The number of nitrogens with zero attached hydrogens (tertiary/aromatic N) is 2. The summed E-state index contributed by atoms with van der Waals surface area (Å²) in [6, 6.07) is 4.30. The quantitative estimate of drug-likeness (QED) is 0.712. The highest BCUT2D eigenvalue weighted by molar-refractivity contribution is 9.10. The van der Waals surface area contributed by atoms with E-state index in [1.165, 1.54) is 23.5 Å². The second kappa shape index (κ2) is 6.33. The second-order valence-electron chi connectivity index (χ2n) is 5.06. The van der Waals surface area contributed by atoms with Crippen molar-refractivity contribution < 1.29 is 14.3 Å². The normalized spacial score (nSPS) is 11.1. The van der Waals surface area contributed by atoms with Gasteiger partial charge in [0.1, 0.15) is 12.4 Å². The van der Waals surface area contributed by atoms with Gasteiger partial charge in [-0.2, -0.15) is 0 Å². The van der Waals surface area contributed by atoms with Crippen molar-refractivity contribution in [1.29, 1.82) is 0 Å². The molecule has 0 fully saturated rings. The van der Waals surface area contributed by atoms with Crippen LogP contribution in [0.5, 0.6) is 0 Å². The minimum atomic E-state index is -1.20. The lowest BCUT2D eigenvalue weighted by Gasteiger charge is -2.11. The molecule has 0 aliphatic carbocycles. The maximum atomic E-state index is 14.0. The van der Waals surface area contributed by atoms with Crippen molar-refractivity contribution in [3.63, 3.8) is 0 Å². The van der Waals surface area contributed by atoms with Crippen LogP contribution in [0.15, 0.2) is 43.0 Å². The Labute approximate surface area is 146 Å². The molecule has 3 aromatic rings. The number of halogens is 2. The van der Waals surface area contributed by atoms with Gasteiger partial charge in [-0.1, -0.05) is 22.0 Å². The lowest BCUT2D eigenvalue weighted by Crippen LogP contribution is -2.41. The number of carbonyl (C=O) groups is 1. The summed E-state index contributed by atoms with van der Waals surface area (Å²) in [7, 11) is 0. The fourth-order valence-corrected chi connectivity index (χ4v) is 3.53. The van der Waals surface area contributed by atoms with Crippen LogP contribution in [0, 0.1) is 5.82 Å². The first-order valence-electron chi connectivity index (χ1n) is 6.73. The first-order chi connectivity index (χ1) is 11.4.